The second-order valence-corrected chi connectivity index (χ2v) is 5.02. The first kappa shape index (κ1) is 16.6. The van der Waals surface area contributed by atoms with Crippen molar-refractivity contribution >= 4 is 11.6 Å². The number of nitro groups is 1. The van der Waals surface area contributed by atoms with E-state index in [1.165, 1.54) is 0 Å². The number of nitrogens with zero attached hydrogens (tertiary/aromatic N) is 2. The predicted octanol–water partition coefficient (Wildman–Crippen LogP) is 1.69. The third-order valence-electron chi connectivity index (χ3n) is 3.44. The van der Waals surface area contributed by atoms with E-state index in [9.17, 15) is 20.0 Å². The lowest BCUT2D eigenvalue weighted by Gasteiger charge is -2.07. The van der Waals surface area contributed by atoms with Gasteiger partial charge >= 0.3 is 5.69 Å². The van der Waals surface area contributed by atoms with Crippen molar-refractivity contribution in [3.63, 3.8) is 0 Å². The van der Waals surface area contributed by atoms with Gasteiger partial charge in [0.2, 0.25) is 5.69 Å². The van der Waals surface area contributed by atoms with Gasteiger partial charge in [0.15, 0.2) is 0 Å². The molecule has 1 heterocycles. The number of rotatable bonds is 7. The normalized spacial score (nSPS) is 10.5. The lowest BCUT2D eigenvalue weighted by atomic mass is 10.1. The molecule has 1 aromatic heterocycles. The topological polar surface area (TPSA) is 121 Å². The SMILES string of the molecule is CCCc1[nH]nc(C(=O)NCc2ccccc2CO)c1[N+](=O)[O-]. The molecule has 0 aliphatic carbocycles. The number of nitrogens with one attached hydrogen (secondary N) is 2. The number of aromatic amines is 1. The minimum Gasteiger partial charge on any atom is -0.392 e. The van der Waals surface area contributed by atoms with Gasteiger partial charge in [-0.05, 0) is 17.5 Å². The molecule has 0 aliphatic rings. The van der Waals surface area contributed by atoms with E-state index in [0.29, 0.717) is 24.1 Å². The van der Waals surface area contributed by atoms with Crippen LogP contribution in [0.5, 0.6) is 0 Å². The average molecular weight is 318 g/mol. The first-order chi connectivity index (χ1) is 11.1. The number of carbonyl (C=O) groups excluding carboxylic acids is 1. The lowest BCUT2D eigenvalue weighted by molar-refractivity contribution is -0.385. The first-order valence-electron chi connectivity index (χ1n) is 7.25. The van der Waals surface area contributed by atoms with Crippen molar-refractivity contribution in [2.75, 3.05) is 0 Å². The zero-order chi connectivity index (χ0) is 16.8. The highest BCUT2D eigenvalue weighted by Gasteiger charge is 2.28. The van der Waals surface area contributed by atoms with Crippen molar-refractivity contribution in [2.45, 2.75) is 32.9 Å². The fourth-order valence-electron chi connectivity index (χ4n) is 2.29. The molecule has 8 nitrogen and oxygen atoms in total. The van der Waals surface area contributed by atoms with E-state index in [1.54, 1.807) is 24.3 Å². The largest absolute Gasteiger partial charge is 0.392 e. The molecule has 0 bridgehead atoms. The maximum atomic E-state index is 12.2. The molecule has 0 spiro atoms. The highest BCUT2D eigenvalue weighted by atomic mass is 16.6. The van der Waals surface area contributed by atoms with Crippen molar-refractivity contribution in [3.05, 3.63) is 56.9 Å². The van der Waals surface area contributed by atoms with Gasteiger partial charge < -0.3 is 10.4 Å². The van der Waals surface area contributed by atoms with Crippen LogP contribution in [-0.2, 0) is 19.6 Å². The van der Waals surface area contributed by atoms with Gasteiger partial charge in [-0.1, -0.05) is 37.6 Å². The van der Waals surface area contributed by atoms with Crippen molar-refractivity contribution in [2.24, 2.45) is 0 Å². The molecule has 0 unspecified atom stereocenters. The maximum absolute atomic E-state index is 12.2. The van der Waals surface area contributed by atoms with Gasteiger partial charge in [0, 0.05) is 6.54 Å². The smallest absolute Gasteiger partial charge is 0.322 e. The van der Waals surface area contributed by atoms with E-state index < -0.39 is 10.8 Å². The highest BCUT2D eigenvalue weighted by molar-refractivity contribution is 5.96. The monoisotopic (exact) mass is 318 g/mol. The standard InChI is InChI=1S/C15H18N4O4/c1-2-5-12-14(19(22)23)13(18-17-12)15(21)16-8-10-6-3-4-7-11(10)9-20/h3-4,6-7,20H,2,5,8-9H2,1H3,(H,16,21)(H,17,18). The van der Waals surface area contributed by atoms with E-state index in [-0.39, 0.29) is 24.5 Å². The summed E-state index contributed by atoms with van der Waals surface area (Å²) in [5, 5.41) is 29.4. The zero-order valence-electron chi connectivity index (χ0n) is 12.7. The number of aliphatic hydroxyl groups excluding tert-OH is 1. The number of aliphatic hydroxyl groups is 1. The van der Waals surface area contributed by atoms with Crippen LogP contribution < -0.4 is 5.32 Å². The Morgan fingerprint density at radius 3 is 2.70 bits per heavy atom. The molecule has 1 amide bonds. The van der Waals surface area contributed by atoms with Crippen molar-refractivity contribution < 1.29 is 14.8 Å². The molecule has 0 saturated carbocycles. The van der Waals surface area contributed by atoms with E-state index in [2.05, 4.69) is 15.5 Å². The number of hydrogen-bond acceptors (Lipinski definition) is 5. The average Bonchev–Trinajstić information content (AvgIpc) is 2.97. The lowest BCUT2D eigenvalue weighted by Crippen LogP contribution is -2.24. The van der Waals surface area contributed by atoms with Crippen molar-refractivity contribution in [1.82, 2.24) is 15.5 Å². The maximum Gasteiger partial charge on any atom is 0.322 e. The summed E-state index contributed by atoms with van der Waals surface area (Å²) in [5.74, 6) is -0.622. The Balaban J connectivity index is 2.16. The molecular weight excluding hydrogens is 300 g/mol. The van der Waals surface area contributed by atoms with Gasteiger partial charge in [0.05, 0.1) is 11.5 Å². The summed E-state index contributed by atoms with van der Waals surface area (Å²) in [6.45, 7) is 1.90. The third-order valence-corrected chi connectivity index (χ3v) is 3.44. The van der Waals surface area contributed by atoms with Crippen LogP contribution in [0, 0.1) is 10.1 Å². The summed E-state index contributed by atoms with van der Waals surface area (Å²) in [6, 6.07) is 7.09. The molecule has 122 valence electrons. The van der Waals surface area contributed by atoms with Crippen LogP contribution in [0.2, 0.25) is 0 Å². The zero-order valence-corrected chi connectivity index (χ0v) is 12.7. The Hall–Kier alpha value is -2.74. The summed E-state index contributed by atoms with van der Waals surface area (Å²) < 4.78 is 0. The molecule has 0 aliphatic heterocycles. The summed E-state index contributed by atoms with van der Waals surface area (Å²) in [6.07, 6.45) is 1.15. The van der Waals surface area contributed by atoms with E-state index in [1.807, 2.05) is 6.92 Å². The molecule has 1 aromatic carbocycles. The summed E-state index contributed by atoms with van der Waals surface area (Å²) in [4.78, 5) is 22.8. The summed E-state index contributed by atoms with van der Waals surface area (Å²) >= 11 is 0. The molecule has 23 heavy (non-hydrogen) atoms. The molecular formula is C15H18N4O4. The number of H-pyrrole nitrogens is 1. The number of amides is 1. The van der Waals surface area contributed by atoms with E-state index >= 15 is 0 Å². The number of benzene rings is 1. The number of carbonyl (C=O) groups is 1. The molecule has 3 N–H and O–H groups in total. The summed E-state index contributed by atoms with van der Waals surface area (Å²) in [5.41, 5.74) is 1.28. The van der Waals surface area contributed by atoms with E-state index in [4.69, 9.17) is 0 Å². The molecule has 8 heteroatoms. The number of aryl methyl sites for hydroxylation is 1. The van der Waals surface area contributed by atoms with Crippen LogP contribution in [0.3, 0.4) is 0 Å². The highest BCUT2D eigenvalue weighted by Crippen LogP contribution is 2.22. The minimum atomic E-state index is -0.622. The molecule has 2 aromatic rings. The Bertz CT molecular complexity index is 711. The number of hydrogen-bond donors (Lipinski definition) is 3. The van der Waals surface area contributed by atoms with Crippen LogP contribution in [0.25, 0.3) is 0 Å². The third kappa shape index (κ3) is 3.72. The molecule has 0 fully saturated rings. The fraction of sp³-hybridized carbons (Fsp3) is 0.333. The van der Waals surface area contributed by atoms with E-state index in [0.717, 1.165) is 5.56 Å². The molecule has 0 radical (unpaired) electrons. The van der Waals surface area contributed by atoms with Gasteiger partial charge in [-0.25, -0.2) is 0 Å². The van der Waals surface area contributed by atoms with Crippen molar-refractivity contribution in [3.8, 4) is 0 Å². The first-order valence-corrected chi connectivity index (χ1v) is 7.25. The van der Waals surface area contributed by atoms with Gasteiger partial charge in [-0.3, -0.25) is 20.0 Å². The van der Waals surface area contributed by atoms with Crippen LogP contribution >= 0.6 is 0 Å². The Morgan fingerprint density at radius 2 is 2.09 bits per heavy atom. The van der Waals surface area contributed by atoms with Crippen LogP contribution in [0.1, 0.15) is 40.7 Å². The minimum absolute atomic E-state index is 0.144. The molecule has 0 atom stereocenters. The second-order valence-electron chi connectivity index (χ2n) is 5.02. The van der Waals surface area contributed by atoms with Crippen LogP contribution in [0.15, 0.2) is 24.3 Å². The number of aromatic nitrogens is 2. The van der Waals surface area contributed by atoms with Crippen LogP contribution in [0.4, 0.5) is 5.69 Å². The van der Waals surface area contributed by atoms with Gasteiger partial charge in [-0.2, -0.15) is 5.10 Å². The second kappa shape index (κ2) is 7.50. The Morgan fingerprint density at radius 1 is 1.39 bits per heavy atom. The van der Waals surface area contributed by atoms with Crippen molar-refractivity contribution in [1.29, 1.82) is 0 Å². The van der Waals surface area contributed by atoms with Gasteiger partial charge in [0.25, 0.3) is 5.91 Å². The Kier molecular flexibility index (Phi) is 5.42. The van der Waals surface area contributed by atoms with Crippen LogP contribution in [-0.4, -0.2) is 26.1 Å². The predicted molar refractivity (Wildman–Crippen MR) is 82.8 cm³/mol. The summed E-state index contributed by atoms with van der Waals surface area (Å²) in [7, 11) is 0. The Labute approximate surface area is 132 Å². The quantitative estimate of drug-likeness (QED) is 0.530. The molecule has 2 rings (SSSR count). The van der Waals surface area contributed by atoms with Gasteiger partial charge in [-0.15, -0.1) is 0 Å². The van der Waals surface area contributed by atoms with Gasteiger partial charge in [0.1, 0.15) is 5.69 Å². The molecule has 0 saturated heterocycles. The fourth-order valence-corrected chi connectivity index (χ4v) is 2.29.